The van der Waals surface area contributed by atoms with Crippen molar-refractivity contribution in [2.45, 2.75) is 39.0 Å². The normalized spacial score (nSPS) is 19.0. The standard InChI is InChI=1S/C22H23FN4O3/c1-4-19(28)17-5-11(2)15(10-24-17)13-6-12-9-25-20(8-18(12)27(3)22(13)30)26-21(29)14-7-16(14)23/h5-6,8-10,14,16,19,28H,4,7H2,1-3H3,(H,25,26,29)/t14-,16+,19+/m0/s1. The van der Waals surface area contributed by atoms with Crippen LogP contribution in [0.1, 0.15) is 37.1 Å². The fraction of sp³-hybridized carbons (Fsp3) is 0.364. The Hall–Kier alpha value is -3.13. The summed E-state index contributed by atoms with van der Waals surface area (Å²) in [6.45, 7) is 3.75. The quantitative estimate of drug-likeness (QED) is 0.674. The van der Waals surface area contributed by atoms with Crippen LogP contribution < -0.4 is 10.9 Å². The molecule has 1 aliphatic carbocycles. The number of pyridine rings is 3. The molecule has 8 heteroatoms. The van der Waals surface area contributed by atoms with E-state index < -0.39 is 24.1 Å². The van der Waals surface area contributed by atoms with E-state index >= 15 is 0 Å². The van der Waals surface area contributed by atoms with Crippen LogP contribution in [0, 0.1) is 12.8 Å². The van der Waals surface area contributed by atoms with Crippen molar-refractivity contribution in [1.29, 1.82) is 0 Å². The van der Waals surface area contributed by atoms with Gasteiger partial charge in [0.05, 0.1) is 23.2 Å². The van der Waals surface area contributed by atoms with Gasteiger partial charge in [-0.1, -0.05) is 6.92 Å². The Labute approximate surface area is 172 Å². The van der Waals surface area contributed by atoms with Crippen molar-refractivity contribution in [3.63, 3.8) is 0 Å². The third-order valence-corrected chi connectivity index (χ3v) is 5.56. The van der Waals surface area contributed by atoms with E-state index in [0.29, 0.717) is 28.8 Å². The van der Waals surface area contributed by atoms with E-state index in [9.17, 15) is 19.1 Å². The summed E-state index contributed by atoms with van der Waals surface area (Å²) in [5, 5.41) is 13.3. The van der Waals surface area contributed by atoms with Crippen LogP contribution in [-0.4, -0.2) is 31.7 Å². The number of anilines is 1. The van der Waals surface area contributed by atoms with Gasteiger partial charge < -0.3 is 15.0 Å². The zero-order chi connectivity index (χ0) is 21.6. The molecule has 3 aromatic rings. The molecule has 0 unspecified atom stereocenters. The molecule has 1 amide bonds. The van der Waals surface area contributed by atoms with Crippen LogP contribution in [0.4, 0.5) is 10.2 Å². The van der Waals surface area contributed by atoms with E-state index in [1.165, 1.54) is 4.57 Å². The number of carbonyl (C=O) groups excluding carboxylic acids is 1. The summed E-state index contributed by atoms with van der Waals surface area (Å²) in [5.41, 5.74) is 2.96. The minimum atomic E-state index is -1.08. The lowest BCUT2D eigenvalue weighted by molar-refractivity contribution is -0.117. The topological polar surface area (TPSA) is 97.1 Å². The molecule has 0 bridgehead atoms. The van der Waals surface area contributed by atoms with Crippen LogP contribution in [0.15, 0.2) is 35.4 Å². The highest BCUT2D eigenvalue weighted by Crippen LogP contribution is 2.34. The van der Waals surface area contributed by atoms with Gasteiger partial charge in [0.2, 0.25) is 5.91 Å². The third kappa shape index (κ3) is 3.59. The molecular formula is C22H23FN4O3. The number of hydrogen-bond donors (Lipinski definition) is 2. The molecule has 0 aliphatic heterocycles. The van der Waals surface area contributed by atoms with Gasteiger partial charge in [0.15, 0.2) is 0 Å². The van der Waals surface area contributed by atoms with E-state index in [1.54, 1.807) is 37.6 Å². The molecule has 7 nitrogen and oxygen atoms in total. The van der Waals surface area contributed by atoms with Gasteiger partial charge in [-0.05, 0) is 37.5 Å². The molecule has 1 saturated carbocycles. The number of aliphatic hydroxyl groups is 1. The summed E-state index contributed by atoms with van der Waals surface area (Å²) in [6.07, 6.45) is 2.25. The number of aryl methyl sites for hydroxylation is 2. The third-order valence-electron chi connectivity index (χ3n) is 5.56. The fourth-order valence-corrected chi connectivity index (χ4v) is 3.53. The molecule has 0 aromatic carbocycles. The Kier molecular flexibility index (Phi) is 5.11. The summed E-state index contributed by atoms with van der Waals surface area (Å²) in [6, 6.07) is 5.15. The monoisotopic (exact) mass is 410 g/mol. The first kappa shape index (κ1) is 20.2. The first-order valence-corrected chi connectivity index (χ1v) is 9.89. The number of halogens is 1. The lowest BCUT2D eigenvalue weighted by Gasteiger charge is -2.14. The average Bonchev–Trinajstić information content (AvgIpc) is 3.47. The van der Waals surface area contributed by atoms with E-state index in [-0.39, 0.29) is 17.8 Å². The second-order valence-corrected chi connectivity index (χ2v) is 7.75. The van der Waals surface area contributed by atoms with Gasteiger partial charge in [0.25, 0.3) is 5.56 Å². The van der Waals surface area contributed by atoms with Gasteiger partial charge >= 0.3 is 0 Å². The van der Waals surface area contributed by atoms with Gasteiger partial charge in [-0.3, -0.25) is 14.6 Å². The van der Waals surface area contributed by atoms with Gasteiger partial charge in [-0.15, -0.1) is 0 Å². The molecule has 3 atom stereocenters. The molecule has 1 aliphatic rings. The van der Waals surface area contributed by atoms with Crippen molar-refractivity contribution in [2.75, 3.05) is 5.32 Å². The van der Waals surface area contributed by atoms with Crippen molar-refractivity contribution in [3.8, 4) is 11.1 Å². The summed E-state index contributed by atoms with van der Waals surface area (Å²) >= 11 is 0. The predicted octanol–water partition coefficient (Wildman–Crippen LogP) is 3.04. The number of nitrogens with zero attached hydrogens (tertiary/aromatic N) is 3. The molecule has 30 heavy (non-hydrogen) atoms. The average molecular weight is 410 g/mol. The minimum absolute atomic E-state index is 0.217. The van der Waals surface area contributed by atoms with Crippen molar-refractivity contribution < 1.29 is 14.3 Å². The van der Waals surface area contributed by atoms with Gasteiger partial charge in [0, 0.05) is 42.0 Å². The molecule has 156 valence electrons. The lowest BCUT2D eigenvalue weighted by Crippen LogP contribution is -2.20. The summed E-state index contributed by atoms with van der Waals surface area (Å²) < 4.78 is 14.6. The molecule has 0 spiro atoms. The van der Waals surface area contributed by atoms with Crippen LogP contribution in [0.3, 0.4) is 0 Å². The van der Waals surface area contributed by atoms with Crippen molar-refractivity contribution >= 4 is 22.6 Å². The zero-order valence-electron chi connectivity index (χ0n) is 17.0. The van der Waals surface area contributed by atoms with Crippen molar-refractivity contribution in [1.82, 2.24) is 14.5 Å². The summed E-state index contributed by atoms with van der Waals surface area (Å²) in [5.74, 6) is -0.726. The number of rotatable bonds is 5. The molecule has 3 heterocycles. The highest BCUT2D eigenvalue weighted by molar-refractivity contribution is 5.95. The number of aromatic nitrogens is 3. The number of nitrogens with one attached hydrogen (secondary N) is 1. The maximum absolute atomic E-state index is 13.1. The van der Waals surface area contributed by atoms with Crippen LogP contribution in [0.25, 0.3) is 22.0 Å². The maximum atomic E-state index is 13.1. The number of amides is 1. The van der Waals surface area contributed by atoms with Gasteiger partial charge in [-0.25, -0.2) is 9.37 Å². The Morgan fingerprint density at radius 2 is 2.03 bits per heavy atom. The van der Waals surface area contributed by atoms with Crippen molar-refractivity contribution in [2.24, 2.45) is 13.0 Å². The number of hydrogen-bond acceptors (Lipinski definition) is 5. The Morgan fingerprint density at radius 3 is 2.67 bits per heavy atom. The molecule has 3 aromatic heterocycles. The summed E-state index contributed by atoms with van der Waals surface area (Å²) in [4.78, 5) is 33.6. The number of aliphatic hydroxyl groups excluding tert-OH is 1. The Morgan fingerprint density at radius 1 is 1.30 bits per heavy atom. The first-order valence-electron chi connectivity index (χ1n) is 9.89. The maximum Gasteiger partial charge on any atom is 0.258 e. The van der Waals surface area contributed by atoms with E-state index in [4.69, 9.17) is 0 Å². The Bertz CT molecular complexity index is 1210. The van der Waals surface area contributed by atoms with Gasteiger partial charge in [0.1, 0.15) is 12.0 Å². The number of alkyl halides is 1. The number of carbonyl (C=O) groups is 1. The molecule has 4 rings (SSSR count). The van der Waals surface area contributed by atoms with Crippen LogP contribution >= 0.6 is 0 Å². The molecule has 1 fully saturated rings. The van der Waals surface area contributed by atoms with E-state index in [2.05, 4.69) is 15.3 Å². The molecular weight excluding hydrogens is 387 g/mol. The fourth-order valence-electron chi connectivity index (χ4n) is 3.53. The van der Waals surface area contributed by atoms with Crippen molar-refractivity contribution in [3.05, 3.63) is 52.2 Å². The summed E-state index contributed by atoms with van der Waals surface area (Å²) in [7, 11) is 1.65. The van der Waals surface area contributed by atoms with E-state index in [0.717, 1.165) is 10.9 Å². The minimum Gasteiger partial charge on any atom is -0.387 e. The second-order valence-electron chi connectivity index (χ2n) is 7.75. The largest absolute Gasteiger partial charge is 0.387 e. The van der Waals surface area contributed by atoms with Crippen LogP contribution in [0.5, 0.6) is 0 Å². The zero-order valence-corrected chi connectivity index (χ0v) is 17.0. The molecule has 0 saturated heterocycles. The van der Waals surface area contributed by atoms with E-state index in [1.807, 2.05) is 13.8 Å². The van der Waals surface area contributed by atoms with Crippen LogP contribution in [0.2, 0.25) is 0 Å². The second kappa shape index (κ2) is 7.60. The van der Waals surface area contributed by atoms with Crippen LogP contribution in [-0.2, 0) is 11.8 Å². The number of fused-ring (bicyclic) bond motifs is 1. The highest BCUT2D eigenvalue weighted by Gasteiger charge is 2.43. The smallest absolute Gasteiger partial charge is 0.258 e. The van der Waals surface area contributed by atoms with Gasteiger partial charge in [-0.2, -0.15) is 0 Å². The lowest BCUT2D eigenvalue weighted by atomic mass is 10.0. The molecule has 0 radical (unpaired) electrons. The SMILES string of the molecule is CC[C@@H](O)c1cc(C)c(-c2cc3cnc(NC(=O)[C@H]4C[C@H]4F)cc3n(C)c2=O)cn1. The predicted molar refractivity (Wildman–Crippen MR) is 112 cm³/mol. The Balaban J connectivity index is 1.72. The molecule has 2 N–H and O–H groups in total. The highest BCUT2D eigenvalue weighted by atomic mass is 19.1. The first-order chi connectivity index (χ1) is 14.3.